The molecule has 0 saturated heterocycles. The van der Waals surface area contributed by atoms with E-state index in [-0.39, 0.29) is 22.6 Å². The molecule has 1 N–H and O–H groups in total. The van der Waals surface area contributed by atoms with Crippen LogP contribution in [-0.4, -0.2) is 36.9 Å². The monoisotopic (exact) mass is 464 g/mol. The summed E-state index contributed by atoms with van der Waals surface area (Å²) in [5.74, 6) is 3.67. The fourth-order valence-corrected chi connectivity index (χ4v) is 8.42. The normalized spacial score (nSPS) is 38.6. The van der Waals surface area contributed by atoms with Crippen LogP contribution in [0.15, 0.2) is 36.4 Å². The lowest BCUT2D eigenvalue weighted by Gasteiger charge is -2.60. The maximum atomic E-state index is 12.9. The highest BCUT2D eigenvalue weighted by molar-refractivity contribution is 5.89. The fourth-order valence-electron chi connectivity index (χ4n) is 8.42. The summed E-state index contributed by atoms with van der Waals surface area (Å²) in [6.07, 6.45) is 11.8. The number of fused-ring (bicyclic) bond motifs is 5. The number of methoxy groups -OCH3 is 1. The van der Waals surface area contributed by atoms with Gasteiger partial charge in [0.25, 0.3) is 0 Å². The Morgan fingerprint density at radius 1 is 1.09 bits per heavy atom. The molecule has 3 aliphatic carbocycles. The van der Waals surface area contributed by atoms with Crippen molar-refractivity contribution < 1.29 is 14.3 Å². The molecular weight excluding hydrogens is 424 g/mol. The van der Waals surface area contributed by atoms with Crippen molar-refractivity contribution in [3.8, 4) is 5.75 Å². The lowest BCUT2D eigenvalue weighted by Crippen LogP contribution is -2.59. The van der Waals surface area contributed by atoms with E-state index in [1.54, 1.807) is 7.11 Å². The van der Waals surface area contributed by atoms with Gasteiger partial charge in [0, 0.05) is 31.5 Å². The first-order valence-electron chi connectivity index (χ1n) is 13.1. The highest BCUT2D eigenvalue weighted by Gasteiger charge is 2.60. The molecule has 0 radical (unpaired) electrons. The van der Waals surface area contributed by atoms with Crippen LogP contribution < -0.4 is 10.1 Å². The standard InChI is InChI=1S/C29H40N2O3/c1-28-15-13-24-22(10-12-25-29(24,2)16-14-27(33)31(25)3)23(28)11-7-20(28)17-26(32)30-18-19-5-8-21(34-4)9-6-19/h5-6,8-9,14,16,20,22-25H,7,10-13,15,17-18H2,1-4H3,(H,30,32)/t20-,22+,23+,24+,25-,28-,29-/m1/s1. The Morgan fingerprint density at radius 2 is 1.85 bits per heavy atom. The highest BCUT2D eigenvalue weighted by Crippen LogP contribution is 2.65. The Kier molecular flexibility index (Phi) is 6.02. The SMILES string of the molecule is COc1ccc(CNC(=O)C[C@H]2CC[C@H]3[C@@H]4CC[C@H]5N(C)C(=O)C=C[C@]5(C)[C@H]4CC[C@]23C)cc1. The van der Waals surface area contributed by atoms with E-state index in [2.05, 4.69) is 25.2 Å². The molecule has 3 fully saturated rings. The molecule has 7 atom stereocenters. The van der Waals surface area contributed by atoms with Gasteiger partial charge in [0.2, 0.25) is 11.8 Å². The Bertz CT molecular complexity index is 972. The number of amides is 2. The quantitative estimate of drug-likeness (QED) is 0.670. The summed E-state index contributed by atoms with van der Waals surface area (Å²) < 4.78 is 5.22. The van der Waals surface area contributed by atoms with Crippen LogP contribution in [0.25, 0.3) is 0 Å². The van der Waals surface area contributed by atoms with E-state index in [0.29, 0.717) is 42.7 Å². The molecule has 1 heterocycles. The van der Waals surface area contributed by atoms with Crippen LogP contribution in [0.1, 0.15) is 64.4 Å². The van der Waals surface area contributed by atoms with Crippen molar-refractivity contribution in [1.82, 2.24) is 10.2 Å². The van der Waals surface area contributed by atoms with Crippen molar-refractivity contribution in [3.63, 3.8) is 0 Å². The zero-order chi connectivity index (χ0) is 24.1. The van der Waals surface area contributed by atoms with Gasteiger partial charge in [-0.2, -0.15) is 0 Å². The number of carbonyl (C=O) groups excluding carboxylic acids is 2. The van der Waals surface area contributed by atoms with E-state index in [9.17, 15) is 9.59 Å². The van der Waals surface area contributed by atoms with Gasteiger partial charge in [0.1, 0.15) is 5.75 Å². The lowest BCUT2D eigenvalue weighted by atomic mass is 9.47. The summed E-state index contributed by atoms with van der Waals surface area (Å²) in [5, 5.41) is 3.16. The second-order valence-electron chi connectivity index (χ2n) is 11.8. The molecule has 0 unspecified atom stereocenters. The van der Waals surface area contributed by atoms with Gasteiger partial charge in [-0.05, 0) is 91.4 Å². The van der Waals surface area contributed by atoms with E-state index in [1.165, 1.54) is 25.7 Å². The minimum Gasteiger partial charge on any atom is -0.497 e. The summed E-state index contributed by atoms with van der Waals surface area (Å²) in [6.45, 7) is 5.44. The van der Waals surface area contributed by atoms with E-state index >= 15 is 0 Å². The van der Waals surface area contributed by atoms with E-state index < -0.39 is 0 Å². The number of rotatable bonds is 5. The van der Waals surface area contributed by atoms with Gasteiger partial charge >= 0.3 is 0 Å². The Morgan fingerprint density at radius 3 is 2.59 bits per heavy atom. The van der Waals surface area contributed by atoms with Crippen molar-refractivity contribution in [3.05, 3.63) is 42.0 Å². The van der Waals surface area contributed by atoms with Crippen LogP contribution in [0.5, 0.6) is 5.75 Å². The van der Waals surface area contributed by atoms with Crippen LogP contribution >= 0.6 is 0 Å². The molecule has 2 amide bonds. The zero-order valence-corrected chi connectivity index (χ0v) is 21.2. The minimum absolute atomic E-state index is 0.0841. The Hall–Kier alpha value is -2.30. The van der Waals surface area contributed by atoms with Crippen molar-refractivity contribution in [2.24, 2.45) is 34.5 Å². The van der Waals surface area contributed by atoms with Crippen LogP contribution in [-0.2, 0) is 16.1 Å². The molecule has 0 aromatic heterocycles. The number of benzene rings is 1. The molecule has 1 aliphatic heterocycles. The smallest absolute Gasteiger partial charge is 0.246 e. The first-order chi connectivity index (χ1) is 16.3. The van der Waals surface area contributed by atoms with Crippen LogP contribution in [0, 0.1) is 34.5 Å². The minimum atomic E-state index is 0.0841. The van der Waals surface area contributed by atoms with Gasteiger partial charge in [-0.25, -0.2) is 0 Å². The molecule has 34 heavy (non-hydrogen) atoms. The Balaban J connectivity index is 1.24. The molecule has 5 rings (SSSR count). The van der Waals surface area contributed by atoms with Gasteiger partial charge in [0.05, 0.1) is 7.11 Å². The summed E-state index contributed by atoms with van der Waals surface area (Å²) >= 11 is 0. The van der Waals surface area contributed by atoms with E-state index in [0.717, 1.165) is 24.2 Å². The summed E-state index contributed by atoms with van der Waals surface area (Å²) in [6, 6.07) is 8.22. The van der Waals surface area contributed by atoms with Crippen molar-refractivity contribution in [2.75, 3.05) is 14.2 Å². The molecule has 3 saturated carbocycles. The summed E-state index contributed by atoms with van der Waals surface area (Å²) in [5.41, 5.74) is 1.43. The average Bonchev–Trinajstić information content (AvgIpc) is 3.17. The molecule has 1 aromatic rings. The van der Waals surface area contributed by atoms with Gasteiger partial charge in [-0.1, -0.05) is 32.1 Å². The largest absolute Gasteiger partial charge is 0.497 e. The molecule has 0 bridgehead atoms. The number of ether oxygens (including phenoxy) is 1. The third-order valence-electron chi connectivity index (χ3n) is 10.4. The van der Waals surface area contributed by atoms with Crippen molar-refractivity contribution >= 4 is 11.8 Å². The molecule has 1 aromatic carbocycles. The number of nitrogens with one attached hydrogen (secondary N) is 1. The van der Waals surface area contributed by atoms with Gasteiger partial charge < -0.3 is 15.0 Å². The second kappa shape index (κ2) is 8.73. The Labute approximate surface area is 204 Å². The van der Waals surface area contributed by atoms with Crippen LogP contribution in [0.3, 0.4) is 0 Å². The van der Waals surface area contributed by atoms with Crippen LogP contribution in [0.4, 0.5) is 0 Å². The van der Waals surface area contributed by atoms with Crippen molar-refractivity contribution in [2.45, 2.75) is 71.4 Å². The van der Waals surface area contributed by atoms with Crippen LogP contribution in [0.2, 0.25) is 0 Å². The third-order valence-corrected chi connectivity index (χ3v) is 10.4. The molecule has 0 spiro atoms. The lowest BCUT2D eigenvalue weighted by molar-refractivity contribution is -0.139. The molecular formula is C29H40N2O3. The predicted molar refractivity (Wildman–Crippen MR) is 133 cm³/mol. The first kappa shape index (κ1) is 23.4. The van der Waals surface area contributed by atoms with Crippen molar-refractivity contribution in [1.29, 1.82) is 0 Å². The molecule has 4 aliphatic rings. The van der Waals surface area contributed by atoms with Gasteiger partial charge in [-0.3, -0.25) is 9.59 Å². The third kappa shape index (κ3) is 3.76. The number of likely N-dealkylation sites (N-methyl/N-ethyl adjacent to an activating group) is 1. The number of hydrogen-bond acceptors (Lipinski definition) is 3. The number of hydrogen-bond donors (Lipinski definition) is 1. The molecule has 184 valence electrons. The number of nitrogens with zero attached hydrogens (tertiary/aromatic N) is 1. The first-order valence-corrected chi connectivity index (χ1v) is 13.1. The highest BCUT2D eigenvalue weighted by atomic mass is 16.5. The predicted octanol–water partition coefficient (Wildman–Crippen LogP) is 4.96. The molecule has 5 nitrogen and oxygen atoms in total. The van der Waals surface area contributed by atoms with E-state index in [1.807, 2.05) is 42.3 Å². The maximum Gasteiger partial charge on any atom is 0.246 e. The van der Waals surface area contributed by atoms with Gasteiger partial charge in [0.15, 0.2) is 0 Å². The topological polar surface area (TPSA) is 58.6 Å². The summed E-state index contributed by atoms with van der Waals surface area (Å²) in [7, 11) is 3.65. The second-order valence-corrected chi connectivity index (χ2v) is 11.8. The fraction of sp³-hybridized carbons (Fsp3) is 0.655. The maximum absolute atomic E-state index is 12.9. The zero-order valence-electron chi connectivity index (χ0n) is 21.2. The van der Waals surface area contributed by atoms with E-state index in [4.69, 9.17) is 4.74 Å². The molecule has 5 heteroatoms. The number of carbonyl (C=O) groups is 2. The van der Waals surface area contributed by atoms with Gasteiger partial charge in [-0.15, -0.1) is 0 Å². The summed E-state index contributed by atoms with van der Waals surface area (Å²) in [4.78, 5) is 27.2. The average molecular weight is 465 g/mol.